The Morgan fingerprint density at radius 2 is 2.40 bits per heavy atom. The van der Waals surface area contributed by atoms with Gasteiger partial charge in [0, 0.05) is 4.47 Å². The zero-order valence-corrected chi connectivity index (χ0v) is 12.5. The van der Waals surface area contributed by atoms with E-state index in [1.54, 1.807) is 6.26 Å². The first-order valence-corrected chi connectivity index (χ1v) is 7.00. The smallest absolute Gasteiger partial charge is 0.358 e. The van der Waals surface area contributed by atoms with Crippen LogP contribution >= 0.6 is 15.9 Å². The number of rotatable bonds is 2. The van der Waals surface area contributed by atoms with Crippen LogP contribution in [0.4, 0.5) is 0 Å². The Labute approximate surface area is 125 Å². The largest absolute Gasteiger partial charge is 0.497 e. The Balaban J connectivity index is 2.02. The summed E-state index contributed by atoms with van der Waals surface area (Å²) in [6, 6.07) is 7.90. The maximum Gasteiger partial charge on any atom is 0.358 e. The average molecular weight is 337 g/mol. The first-order chi connectivity index (χ1) is 9.70. The van der Waals surface area contributed by atoms with Gasteiger partial charge in [-0.1, -0.05) is 28.1 Å². The molecule has 0 saturated carbocycles. The van der Waals surface area contributed by atoms with E-state index in [9.17, 15) is 4.79 Å². The van der Waals surface area contributed by atoms with Crippen molar-refractivity contribution in [3.8, 4) is 0 Å². The first-order valence-electron chi connectivity index (χ1n) is 6.21. The van der Waals surface area contributed by atoms with Crippen molar-refractivity contribution in [2.75, 3.05) is 20.3 Å². The van der Waals surface area contributed by atoms with Gasteiger partial charge in [0.2, 0.25) is 0 Å². The van der Waals surface area contributed by atoms with Crippen LogP contribution in [0, 0.1) is 0 Å². The molecule has 0 spiro atoms. The fraction of sp³-hybridized carbons (Fsp3) is 0.286. The summed E-state index contributed by atoms with van der Waals surface area (Å²) in [6.07, 6.45) is 1.37. The summed E-state index contributed by atoms with van der Waals surface area (Å²) < 4.78 is 11.1. The Kier molecular flexibility index (Phi) is 3.48. The van der Waals surface area contributed by atoms with Gasteiger partial charge in [-0.15, -0.1) is 0 Å². The highest BCUT2D eigenvalue weighted by molar-refractivity contribution is 9.10. The quantitative estimate of drug-likeness (QED) is 0.777. The molecule has 6 heteroatoms. The van der Waals surface area contributed by atoms with E-state index in [1.165, 1.54) is 7.11 Å². The van der Waals surface area contributed by atoms with Gasteiger partial charge in [-0.25, -0.2) is 9.79 Å². The maximum atomic E-state index is 11.8. The molecule has 0 bridgehead atoms. The van der Waals surface area contributed by atoms with Crippen molar-refractivity contribution >= 4 is 27.6 Å². The molecular formula is C14H13BrN2O3. The van der Waals surface area contributed by atoms with E-state index in [1.807, 2.05) is 24.3 Å². The zero-order chi connectivity index (χ0) is 14.1. The van der Waals surface area contributed by atoms with Crippen molar-refractivity contribution in [2.45, 2.75) is 6.17 Å². The number of fused-ring (bicyclic) bond motifs is 1. The highest BCUT2D eigenvalue weighted by Crippen LogP contribution is 2.35. The Hall–Kier alpha value is -1.82. The number of carbonyl (C=O) groups is 1. The summed E-state index contributed by atoms with van der Waals surface area (Å²) in [7, 11) is 1.35. The molecule has 0 saturated heterocycles. The molecule has 1 atom stereocenters. The van der Waals surface area contributed by atoms with Crippen molar-refractivity contribution < 1.29 is 14.3 Å². The van der Waals surface area contributed by atoms with E-state index < -0.39 is 5.97 Å². The van der Waals surface area contributed by atoms with Crippen molar-refractivity contribution in [3.05, 3.63) is 46.3 Å². The molecule has 3 rings (SSSR count). The van der Waals surface area contributed by atoms with Gasteiger partial charge in [-0.05, 0) is 17.7 Å². The van der Waals surface area contributed by atoms with Gasteiger partial charge < -0.3 is 14.4 Å². The third-order valence-corrected chi connectivity index (χ3v) is 3.76. The average Bonchev–Trinajstić information content (AvgIpc) is 2.86. The molecular weight excluding hydrogens is 324 g/mol. The zero-order valence-electron chi connectivity index (χ0n) is 10.9. The topological polar surface area (TPSA) is 51.1 Å². The molecule has 5 nitrogen and oxygen atoms in total. The summed E-state index contributed by atoms with van der Waals surface area (Å²) in [4.78, 5) is 18.4. The SMILES string of the molecule is COC(=O)C1=NC(c2cccc(Br)c2)N2CCOC=C12. The molecule has 1 unspecified atom stereocenters. The Bertz CT molecular complexity index is 612. The minimum Gasteiger partial charge on any atom is -0.497 e. The van der Waals surface area contributed by atoms with Gasteiger partial charge in [-0.3, -0.25) is 0 Å². The Morgan fingerprint density at radius 3 is 3.15 bits per heavy atom. The molecule has 1 aromatic rings. The molecule has 20 heavy (non-hydrogen) atoms. The summed E-state index contributed by atoms with van der Waals surface area (Å²) in [6.45, 7) is 1.27. The van der Waals surface area contributed by atoms with Crippen LogP contribution in [-0.2, 0) is 14.3 Å². The number of aliphatic imine (C=N–C) groups is 1. The number of nitrogens with zero attached hydrogens (tertiary/aromatic N) is 2. The van der Waals surface area contributed by atoms with Crippen LogP contribution < -0.4 is 0 Å². The van der Waals surface area contributed by atoms with Gasteiger partial charge in [-0.2, -0.15) is 0 Å². The van der Waals surface area contributed by atoms with Crippen molar-refractivity contribution in [2.24, 2.45) is 4.99 Å². The van der Waals surface area contributed by atoms with Crippen LogP contribution in [0.1, 0.15) is 11.7 Å². The van der Waals surface area contributed by atoms with E-state index in [2.05, 4.69) is 25.8 Å². The normalized spacial score (nSPS) is 20.7. The van der Waals surface area contributed by atoms with Gasteiger partial charge in [0.25, 0.3) is 0 Å². The molecule has 2 heterocycles. The highest BCUT2D eigenvalue weighted by atomic mass is 79.9. The lowest BCUT2D eigenvalue weighted by molar-refractivity contribution is -0.132. The number of benzene rings is 1. The lowest BCUT2D eigenvalue weighted by Gasteiger charge is -2.29. The predicted octanol–water partition coefficient (Wildman–Crippen LogP) is 2.25. The minimum absolute atomic E-state index is 0.211. The monoisotopic (exact) mass is 336 g/mol. The van der Waals surface area contributed by atoms with Crippen LogP contribution in [0.2, 0.25) is 0 Å². The highest BCUT2D eigenvalue weighted by Gasteiger charge is 2.37. The van der Waals surface area contributed by atoms with Gasteiger partial charge in [0.05, 0.1) is 13.7 Å². The molecule has 0 fully saturated rings. The number of hydrogen-bond donors (Lipinski definition) is 0. The van der Waals surface area contributed by atoms with Crippen LogP contribution in [0.3, 0.4) is 0 Å². The lowest BCUT2D eigenvalue weighted by Crippen LogP contribution is -2.32. The number of ether oxygens (including phenoxy) is 2. The second-order valence-electron chi connectivity index (χ2n) is 4.47. The second-order valence-corrected chi connectivity index (χ2v) is 5.38. The fourth-order valence-electron chi connectivity index (χ4n) is 2.36. The molecule has 0 radical (unpaired) electrons. The van der Waals surface area contributed by atoms with Gasteiger partial charge in [0.1, 0.15) is 24.7 Å². The minimum atomic E-state index is -0.441. The Morgan fingerprint density at radius 1 is 1.55 bits per heavy atom. The van der Waals surface area contributed by atoms with E-state index in [4.69, 9.17) is 9.47 Å². The summed E-state index contributed by atoms with van der Waals surface area (Å²) in [5, 5.41) is 0. The van der Waals surface area contributed by atoms with Crippen LogP contribution in [0.15, 0.2) is 45.7 Å². The molecule has 0 N–H and O–H groups in total. The van der Waals surface area contributed by atoms with E-state index in [-0.39, 0.29) is 6.17 Å². The summed E-state index contributed by atoms with van der Waals surface area (Å²) in [5.74, 6) is -0.441. The molecule has 2 aliphatic rings. The maximum absolute atomic E-state index is 11.8. The van der Waals surface area contributed by atoms with Gasteiger partial charge >= 0.3 is 5.97 Å². The van der Waals surface area contributed by atoms with Crippen LogP contribution in [0.25, 0.3) is 0 Å². The number of carbonyl (C=O) groups excluding carboxylic acids is 1. The summed E-state index contributed by atoms with van der Waals surface area (Å²) in [5.41, 5.74) is 2.02. The van der Waals surface area contributed by atoms with Crippen molar-refractivity contribution in [3.63, 3.8) is 0 Å². The molecule has 2 aliphatic heterocycles. The molecule has 1 aromatic carbocycles. The van der Waals surface area contributed by atoms with Crippen LogP contribution in [0.5, 0.6) is 0 Å². The third kappa shape index (κ3) is 2.20. The van der Waals surface area contributed by atoms with E-state index in [0.717, 1.165) is 10.0 Å². The molecule has 0 amide bonds. The second kappa shape index (κ2) is 5.28. The predicted molar refractivity (Wildman–Crippen MR) is 77.1 cm³/mol. The van der Waals surface area contributed by atoms with E-state index >= 15 is 0 Å². The van der Waals surface area contributed by atoms with Crippen LogP contribution in [-0.4, -0.2) is 36.8 Å². The lowest BCUT2D eigenvalue weighted by atomic mass is 10.1. The molecule has 0 aromatic heterocycles. The molecule has 104 valence electrons. The number of hydrogen-bond acceptors (Lipinski definition) is 5. The number of esters is 1. The molecule has 0 aliphatic carbocycles. The third-order valence-electron chi connectivity index (χ3n) is 3.27. The standard InChI is InChI=1S/C14H13BrN2O3/c1-19-14(18)12-11-8-20-6-5-17(11)13(16-12)9-3-2-4-10(15)7-9/h2-4,7-8,13H,5-6H2,1H3. The van der Waals surface area contributed by atoms with E-state index in [0.29, 0.717) is 24.6 Å². The van der Waals surface area contributed by atoms with Gasteiger partial charge in [0.15, 0.2) is 5.71 Å². The number of methoxy groups -OCH3 is 1. The van der Waals surface area contributed by atoms with Crippen molar-refractivity contribution in [1.29, 1.82) is 0 Å². The summed E-state index contributed by atoms with van der Waals surface area (Å²) >= 11 is 3.46. The number of halogens is 1. The fourth-order valence-corrected chi connectivity index (χ4v) is 2.77. The first kappa shape index (κ1) is 13.2. The van der Waals surface area contributed by atoms with Crippen molar-refractivity contribution in [1.82, 2.24) is 4.90 Å².